The van der Waals surface area contributed by atoms with Crippen molar-refractivity contribution in [3.63, 3.8) is 0 Å². The lowest BCUT2D eigenvalue weighted by molar-refractivity contribution is 0.292. The number of hydrogen-bond donors (Lipinski definition) is 1. The quantitative estimate of drug-likeness (QED) is 0.847. The van der Waals surface area contributed by atoms with Crippen LogP contribution in [0.15, 0.2) is 11.2 Å². The van der Waals surface area contributed by atoms with Crippen LogP contribution in [0.25, 0.3) is 0 Å². The van der Waals surface area contributed by atoms with Crippen molar-refractivity contribution in [1.82, 2.24) is 19.2 Å². The molecule has 1 aliphatic rings. The van der Waals surface area contributed by atoms with Gasteiger partial charge in [0.1, 0.15) is 5.82 Å². The lowest BCUT2D eigenvalue weighted by Gasteiger charge is -2.31. The number of aryl methyl sites for hydroxylation is 2. The monoisotopic (exact) mass is 272 g/mol. The van der Waals surface area contributed by atoms with E-state index >= 15 is 0 Å². The Labute approximate surface area is 108 Å². The molecule has 0 bridgehead atoms. The highest BCUT2D eigenvalue weighted by atomic mass is 32.2. The predicted molar refractivity (Wildman–Crippen MR) is 68.8 cm³/mol. The summed E-state index contributed by atoms with van der Waals surface area (Å²) in [5, 5.41) is 3.29. The summed E-state index contributed by atoms with van der Waals surface area (Å²) in [7, 11) is 0.221. The zero-order valence-electron chi connectivity index (χ0n) is 11.0. The van der Waals surface area contributed by atoms with Gasteiger partial charge in [-0.15, -0.1) is 0 Å². The van der Waals surface area contributed by atoms with Gasteiger partial charge in [0.05, 0.1) is 0 Å². The fourth-order valence-corrected chi connectivity index (χ4v) is 3.73. The molecule has 6 nitrogen and oxygen atoms in total. The van der Waals surface area contributed by atoms with Crippen molar-refractivity contribution in [2.24, 2.45) is 7.05 Å². The minimum atomic E-state index is -3.45. The Morgan fingerprint density at radius 3 is 2.78 bits per heavy atom. The summed E-state index contributed by atoms with van der Waals surface area (Å²) in [5.41, 5.74) is 0. The first kappa shape index (κ1) is 13.5. The molecule has 7 heteroatoms. The molecule has 0 aromatic carbocycles. The predicted octanol–water partition coefficient (Wildman–Crippen LogP) is 0.101. The summed E-state index contributed by atoms with van der Waals surface area (Å²) in [6.45, 7) is 2.90. The van der Waals surface area contributed by atoms with E-state index in [-0.39, 0.29) is 11.1 Å². The maximum atomic E-state index is 12.4. The molecule has 0 amide bonds. The molecule has 1 aromatic rings. The average Bonchev–Trinajstić information content (AvgIpc) is 2.70. The number of imidazole rings is 1. The van der Waals surface area contributed by atoms with Crippen LogP contribution >= 0.6 is 0 Å². The molecule has 1 N–H and O–H groups in total. The molecule has 1 fully saturated rings. The fraction of sp³-hybridized carbons (Fsp3) is 0.727. The second kappa shape index (κ2) is 4.99. The number of nitrogens with zero attached hydrogens (tertiary/aromatic N) is 3. The first-order valence-corrected chi connectivity index (χ1v) is 7.56. The van der Waals surface area contributed by atoms with E-state index in [4.69, 9.17) is 0 Å². The number of sulfonamides is 1. The van der Waals surface area contributed by atoms with Gasteiger partial charge >= 0.3 is 0 Å². The van der Waals surface area contributed by atoms with Gasteiger partial charge in [-0.05, 0) is 26.8 Å². The number of hydrogen-bond acceptors (Lipinski definition) is 4. The Bertz CT molecular complexity index is 504. The number of piperidine rings is 1. The minimum absolute atomic E-state index is 0.152. The maximum Gasteiger partial charge on any atom is 0.262 e. The minimum Gasteiger partial charge on any atom is -0.337 e. The summed E-state index contributed by atoms with van der Waals surface area (Å²) in [6, 6.07) is 0.235. The molecule has 0 spiro atoms. The van der Waals surface area contributed by atoms with Crippen molar-refractivity contribution in [3.8, 4) is 0 Å². The molecule has 1 unspecified atom stereocenters. The summed E-state index contributed by atoms with van der Waals surface area (Å²) in [6.07, 6.45) is 3.48. The van der Waals surface area contributed by atoms with Crippen molar-refractivity contribution in [2.75, 3.05) is 20.1 Å². The standard InChI is InChI=1S/C11H20N4O2S/c1-9-13-11(8-14(9)3)18(16,17)15-6-4-5-10(7-15)12-2/h8,10,12H,4-7H2,1-3H3. The Morgan fingerprint density at radius 1 is 1.50 bits per heavy atom. The van der Waals surface area contributed by atoms with Crippen LogP contribution in [0.3, 0.4) is 0 Å². The van der Waals surface area contributed by atoms with Gasteiger partial charge in [-0.1, -0.05) is 0 Å². The van der Waals surface area contributed by atoms with Crippen LogP contribution in [-0.4, -0.2) is 48.5 Å². The summed E-state index contributed by atoms with van der Waals surface area (Å²) in [4.78, 5) is 4.12. The number of nitrogens with one attached hydrogen (secondary N) is 1. The Morgan fingerprint density at radius 2 is 2.22 bits per heavy atom. The number of likely N-dealkylation sites (N-methyl/N-ethyl adjacent to an activating group) is 1. The molecule has 1 atom stereocenters. The SMILES string of the molecule is CNC1CCCN(S(=O)(=O)c2cn(C)c(C)n2)C1. The highest BCUT2D eigenvalue weighted by Gasteiger charge is 2.31. The molecule has 0 radical (unpaired) electrons. The maximum absolute atomic E-state index is 12.4. The first-order chi connectivity index (χ1) is 8.45. The smallest absolute Gasteiger partial charge is 0.262 e. The van der Waals surface area contributed by atoms with E-state index in [9.17, 15) is 8.42 Å². The first-order valence-electron chi connectivity index (χ1n) is 6.12. The third kappa shape index (κ3) is 2.43. The van der Waals surface area contributed by atoms with Crippen molar-refractivity contribution in [2.45, 2.75) is 30.8 Å². The summed E-state index contributed by atoms with van der Waals surface area (Å²) < 4.78 is 28.1. The van der Waals surface area contributed by atoms with Gasteiger partial charge in [0.15, 0.2) is 5.03 Å². The van der Waals surface area contributed by atoms with Gasteiger partial charge in [0.2, 0.25) is 0 Å². The number of aromatic nitrogens is 2. The van der Waals surface area contributed by atoms with E-state index in [1.165, 1.54) is 4.31 Å². The van der Waals surface area contributed by atoms with E-state index in [0.717, 1.165) is 12.8 Å². The zero-order chi connectivity index (χ0) is 13.3. The lowest BCUT2D eigenvalue weighted by atomic mass is 10.1. The molecule has 102 valence electrons. The molecular formula is C11H20N4O2S. The number of rotatable bonds is 3. The Hall–Kier alpha value is -0.920. The molecule has 2 heterocycles. The molecule has 0 aliphatic carbocycles. The van der Waals surface area contributed by atoms with Gasteiger partial charge in [-0.2, -0.15) is 4.31 Å². The molecule has 1 aromatic heterocycles. The van der Waals surface area contributed by atoms with Crippen LogP contribution in [0, 0.1) is 6.92 Å². The van der Waals surface area contributed by atoms with Gasteiger partial charge in [0, 0.05) is 32.4 Å². The Kier molecular flexibility index (Phi) is 3.74. The highest BCUT2D eigenvalue weighted by molar-refractivity contribution is 7.89. The molecular weight excluding hydrogens is 252 g/mol. The highest BCUT2D eigenvalue weighted by Crippen LogP contribution is 2.19. The van der Waals surface area contributed by atoms with Crippen LogP contribution in [-0.2, 0) is 17.1 Å². The summed E-state index contributed by atoms with van der Waals surface area (Å²) >= 11 is 0. The van der Waals surface area contributed by atoms with Crippen LogP contribution in [0.5, 0.6) is 0 Å². The summed E-state index contributed by atoms with van der Waals surface area (Å²) in [5.74, 6) is 0.704. The van der Waals surface area contributed by atoms with Crippen LogP contribution < -0.4 is 5.32 Å². The third-order valence-corrected chi connectivity index (χ3v) is 5.22. The van der Waals surface area contributed by atoms with Gasteiger partial charge in [-0.3, -0.25) is 0 Å². The second-order valence-corrected chi connectivity index (χ2v) is 6.61. The van der Waals surface area contributed by atoms with Crippen LogP contribution in [0.4, 0.5) is 0 Å². The average molecular weight is 272 g/mol. The molecule has 1 aliphatic heterocycles. The molecule has 2 rings (SSSR count). The van der Waals surface area contributed by atoms with Crippen molar-refractivity contribution in [1.29, 1.82) is 0 Å². The van der Waals surface area contributed by atoms with Gasteiger partial charge in [0.25, 0.3) is 10.0 Å². The van der Waals surface area contributed by atoms with Gasteiger partial charge in [-0.25, -0.2) is 13.4 Å². The third-order valence-electron chi connectivity index (χ3n) is 3.48. The molecule has 18 heavy (non-hydrogen) atoms. The van der Waals surface area contributed by atoms with E-state index in [0.29, 0.717) is 18.9 Å². The van der Waals surface area contributed by atoms with E-state index in [1.807, 2.05) is 7.05 Å². The van der Waals surface area contributed by atoms with Gasteiger partial charge < -0.3 is 9.88 Å². The normalized spacial score (nSPS) is 22.3. The van der Waals surface area contributed by atoms with Crippen molar-refractivity contribution >= 4 is 10.0 Å². The lowest BCUT2D eigenvalue weighted by Crippen LogP contribution is -2.46. The van der Waals surface area contributed by atoms with Crippen molar-refractivity contribution in [3.05, 3.63) is 12.0 Å². The van der Waals surface area contributed by atoms with Crippen LogP contribution in [0.1, 0.15) is 18.7 Å². The van der Waals surface area contributed by atoms with Crippen molar-refractivity contribution < 1.29 is 8.42 Å². The van der Waals surface area contributed by atoms with Crippen LogP contribution in [0.2, 0.25) is 0 Å². The largest absolute Gasteiger partial charge is 0.337 e. The molecule has 0 saturated carbocycles. The van der Waals surface area contributed by atoms with E-state index in [2.05, 4.69) is 10.3 Å². The van der Waals surface area contributed by atoms with E-state index < -0.39 is 10.0 Å². The fourth-order valence-electron chi connectivity index (χ4n) is 2.18. The second-order valence-electron chi connectivity index (χ2n) is 4.73. The van der Waals surface area contributed by atoms with E-state index in [1.54, 1.807) is 24.7 Å². The molecule has 1 saturated heterocycles. The topological polar surface area (TPSA) is 67.2 Å². The Balaban J connectivity index is 2.25. The zero-order valence-corrected chi connectivity index (χ0v) is 11.9.